The number of ether oxygens (including phenoxy) is 2. The molecule has 3 unspecified atom stereocenters. The van der Waals surface area contributed by atoms with Gasteiger partial charge in [-0.1, -0.05) is 48.5 Å². The van der Waals surface area contributed by atoms with Crippen molar-refractivity contribution in [2.45, 2.75) is 36.7 Å². The van der Waals surface area contributed by atoms with E-state index in [1.165, 1.54) is 0 Å². The molecule has 39 heavy (non-hydrogen) atoms. The van der Waals surface area contributed by atoms with Gasteiger partial charge in [-0.2, -0.15) is 0 Å². The van der Waals surface area contributed by atoms with Crippen LogP contribution in [0.2, 0.25) is 0 Å². The van der Waals surface area contributed by atoms with E-state index in [0.717, 1.165) is 53.6 Å². The van der Waals surface area contributed by atoms with E-state index < -0.39 is 25.1 Å². The Kier molecular flexibility index (Phi) is 6.35. The van der Waals surface area contributed by atoms with Gasteiger partial charge in [0.25, 0.3) is 0 Å². The lowest BCUT2D eigenvalue weighted by molar-refractivity contribution is 0.133. The Hall–Kier alpha value is -3.16. The highest BCUT2D eigenvalue weighted by Gasteiger charge is 2.27. The second kappa shape index (κ2) is 9.49. The summed E-state index contributed by atoms with van der Waals surface area (Å²) in [6.45, 7) is 5.95. The first-order chi connectivity index (χ1) is 18.6. The topological polar surface area (TPSA) is 52.6 Å². The van der Waals surface area contributed by atoms with Crippen LogP contribution in [-0.2, 0) is 28.5 Å². The molecule has 0 bridgehead atoms. The highest BCUT2D eigenvalue weighted by Crippen LogP contribution is 2.33. The van der Waals surface area contributed by atoms with E-state index in [-0.39, 0.29) is 6.61 Å². The quantitative estimate of drug-likeness (QED) is 0.262. The highest BCUT2D eigenvalue weighted by atomic mass is 32.2. The van der Waals surface area contributed by atoms with Crippen LogP contribution in [0.15, 0.2) is 93.7 Å². The van der Waals surface area contributed by atoms with Gasteiger partial charge in [0.15, 0.2) is 0 Å². The van der Waals surface area contributed by atoms with Crippen LogP contribution in [0.5, 0.6) is 0 Å². The van der Waals surface area contributed by atoms with Gasteiger partial charge >= 0.3 is 0 Å². The predicted octanol–water partition coefficient (Wildman–Crippen LogP) is 6.75. The van der Waals surface area contributed by atoms with Crippen LogP contribution in [-0.4, -0.2) is 43.7 Å². The molecule has 3 atom stereocenters. The van der Waals surface area contributed by atoms with Crippen LogP contribution in [0.25, 0.3) is 33.7 Å². The van der Waals surface area contributed by atoms with Gasteiger partial charge in [0.1, 0.15) is 10.1 Å². The van der Waals surface area contributed by atoms with Crippen molar-refractivity contribution in [2.75, 3.05) is 19.1 Å². The van der Waals surface area contributed by atoms with Crippen LogP contribution in [0.1, 0.15) is 31.9 Å². The van der Waals surface area contributed by atoms with Gasteiger partial charge in [0.2, 0.25) is 0 Å². The maximum atomic E-state index is 14.2. The minimum Gasteiger partial charge on any atom is -0.334 e. The summed E-state index contributed by atoms with van der Waals surface area (Å²) in [7, 11) is -5.21. The molecule has 0 aromatic heterocycles. The lowest BCUT2D eigenvalue weighted by Gasteiger charge is -2.26. The Bertz CT molecular complexity index is 2000. The molecule has 0 spiro atoms. The molecule has 0 saturated heterocycles. The number of benzene rings is 4. The van der Waals surface area contributed by atoms with E-state index in [0.29, 0.717) is 10.1 Å². The molecule has 6 heteroatoms. The Balaban J connectivity index is 1.30. The molecule has 4 aromatic rings. The Morgan fingerprint density at radius 2 is 1.08 bits per heavy atom. The zero-order valence-corrected chi connectivity index (χ0v) is 24.4. The minimum absolute atomic E-state index is 0.186. The molecule has 0 radical (unpaired) electrons. The SMILES string of the molecule is CC1=Cc2cc3ccccc3cc2S(C)(=O)=C1OCC(C)OC1=S(C)(=O)c2cc3ccccc3cc2C=C1C. The van der Waals surface area contributed by atoms with Gasteiger partial charge in [0.05, 0.1) is 12.7 Å². The van der Waals surface area contributed by atoms with Crippen LogP contribution in [0.4, 0.5) is 0 Å². The molecule has 0 N–H and O–H groups in total. The second-order valence-electron chi connectivity index (χ2n) is 10.6. The van der Waals surface area contributed by atoms with E-state index in [1.54, 1.807) is 12.5 Å². The summed E-state index contributed by atoms with van der Waals surface area (Å²) in [6.07, 6.45) is 7.18. The zero-order chi connectivity index (χ0) is 27.5. The number of hydrogen-bond donors (Lipinski definition) is 0. The lowest BCUT2D eigenvalue weighted by atomic mass is 10.0. The van der Waals surface area contributed by atoms with E-state index >= 15 is 0 Å². The summed E-state index contributed by atoms with van der Waals surface area (Å²) in [5.74, 6) is 0. The fraction of sp³-hybridized carbons (Fsp3) is 0.212. The summed E-state index contributed by atoms with van der Waals surface area (Å²) < 4.78 is 40.8. The molecule has 200 valence electrons. The van der Waals surface area contributed by atoms with Crippen LogP contribution in [0.3, 0.4) is 0 Å². The van der Waals surface area contributed by atoms with Crippen molar-refractivity contribution in [3.63, 3.8) is 0 Å². The first-order valence-electron chi connectivity index (χ1n) is 13.0. The molecule has 2 aliphatic rings. The molecule has 6 rings (SSSR count). The fourth-order valence-electron chi connectivity index (χ4n) is 5.59. The number of hydrogen-bond acceptors (Lipinski definition) is 4. The van der Waals surface area contributed by atoms with Gasteiger partial charge in [-0.3, -0.25) is 8.42 Å². The summed E-state index contributed by atoms with van der Waals surface area (Å²) in [6, 6.07) is 24.4. The molecule has 4 nitrogen and oxygen atoms in total. The summed E-state index contributed by atoms with van der Waals surface area (Å²) in [4.78, 5) is 1.58. The van der Waals surface area contributed by atoms with Gasteiger partial charge in [-0.05, 0) is 101 Å². The average molecular weight is 557 g/mol. The minimum atomic E-state index is -2.61. The van der Waals surface area contributed by atoms with Crippen molar-refractivity contribution in [2.24, 2.45) is 0 Å². The van der Waals surface area contributed by atoms with Gasteiger partial charge in [-0.25, -0.2) is 0 Å². The van der Waals surface area contributed by atoms with Crippen molar-refractivity contribution >= 4 is 62.8 Å². The van der Waals surface area contributed by atoms with E-state index in [9.17, 15) is 8.42 Å². The molecule has 0 aliphatic carbocycles. The third-order valence-electron chi connectivity index (χ3n) is 7.45. The Labute approximate surface area is 231 Å². The Morgan fingerprint density at radius 3 is 1.56 bits per heavy atom. The van der Waals surface area contributed by atoms with Gasteiger partial charge in [0, 0.05) is 41.3 Å². The Morgan fingerprint density at radius 1 is 0.667 bits per heavy atom. The third-order valence-corrected chi connectivity index (χ3v) is 12.1. The maximum Gasteiger partial charge on any atom is 0.135 e. The van der Waals surface area contributed by atoms with E-state index in [2.05, 4.69) is 24.3 Å². The van der Waals surface area contributed by atoms with Crippen molar-refractivity contribution in [3.05, 3.63) is 95.1 Å². The molecule has 0 amide bonds. The van der Waals surface area contributed by atoms with E-state index in [4.69, 9.17) is 9.47 Å². The second-order valence-corrected chi connectivity index (χ2v) is 15.6. The average Bonchev–Trinajstić information content (AvgIpc) is 2.89. The maximum absolute atomic E-state index is 14.2. The fourth-order valence-corrected chi connectivity index (χ4v) is 9.82. The lowest BCUT2D eigenvalue weighted by Crippen LogP contribution is -2.30. The van der Waals surface area contributed by atoms with Crippen LogP contribution < -0.4 is 0 Å². The van der Waals surface area contributed by atoms with Crippen molar-refractivity contribution < 1.29 is 17.9 Å². The molecule has 4 aromatic carbocycles. The number of fused-ring (bicyclic) bond motifs is 4. The monoisotopic (exact) mass is 556 g/mol. The van der Waals surface area contributed by atoms with Gasteiger partial charge in [-0.15, -0.1) is 0 Å². The molecule has 0 fully saturated rings. The first kappa shape index (κ1) is 26.1. The van der Waals surface area contributed by atoms with Crippen LogP contribution in [0, 0.1) is 0 Å². The number of rotatable bonds is 3. The first-order valence-corrected chi connectivity index (χ1v) is 16.9. The van der Waals surface area contributed by atoms with Crippen LogP contribution >= 0.6 is 0 Å². The molecule has 2 heterocycles. The van der Waals surface area contributed by atoms with Crippen molar-refractivity contribution in [1.82, 2.24) is 0 Å². The summed E-state index contributed by atoms with van der Waals surface area (Å²) in [5, 5.41) is 5.31. The summed E-state index contributed by atoms with van der Waals surface area (Å²) >= 11 is 0. The molecule has 0 saturated carbocycles. The third kappa shape index (κ3) is 4.45. The summed E-state index contributed by atoms with van der Waals surface area (Å²) in [5.41, 5.74) is 3.62. The van der Waals surface area contributed by atoms with Crippen molar-refractivity contribution in [1.29, 1.82) is 0 Å². The molecular formula is C33H32O4S2. The largest absolute Gasteiger partial charge is 0.334 e. The van der Waals surface area contributed by atoms with Gasteiger partial charge < -0.3 is 9.47 Å². The van der Waals surface area contributed by atoms with Crippen molar-refractivity contribution in [3.8, 4) is 0 Å². The standard InChI is InChI=1S/C33H32O4S2/c1-21-14-28-16-24-10-6-8-12-26(24)18-30(28)38(4,34)32(21)36-20-23(3)37-33-22(2)15-29-17-25-11-7-9-13-27(25)19-31(29)39(33,5)35/h6-19,23H,20H2,1-5H3. The smallest absolute Gasteiger partial charge is 0.135 e. The predicted molar refractivity (Wildman–Crippen MR) is 166 cm³/mol. The molecular weight excluding hydrogens is 524 g/mol. The molecule has 2 aliphatic heterocycles. The highest BCUT2D eigenvalue weighted by molar-refractivity contribution is 8.02. The van der Waals surface area contributed by atoms with E-state index in [1.807, 2.05) is 81.5 Å². The zero-order valence-electron chi connectivity index (χ0n) is 22.8. The normalized spacial score (nSPS) is 23.3.